The van der Waals surface area contributed by atoms with Gasteiger partial charge in [-0.05, 0) is 26.1 Å². The van der Waals surface area contributed by atoms with Crippen molar-refractivity contribution in [2.45, 2.75) is 32.7 Å². The number of rotatable bonds is 9. The molecule has 0 bridgehead atoms. The Kier molecular flexibility index (Phi) is 10.0. The van der Waals surface area contributed by atoms with Crippen molar-refractivity contribution in [1.29, 1.82) is 0 Å². The largest absolute Gasteiger partial charge is 0.313 e. The van der Waals surface area contributed by atoms with E-state index in [1.807, 2.05) is 11.8 Å². The summed E-state index contributed by atoms with van der Waals surface area (Å²) >= 11 is 1.92. The van der Waals surface area contributed by atoms with E-state index in [4.69, 9.17) is 0 Å². The molecule has 14 heavy (non-hydrogen) atoms. The molecule has 0 amide bonds. The first-order valence-electron chi connectivity index (χ1n) is 5.65. The first kappa shape index (κ1) is 14.3. The van der Waals surface area contributed by atoms with Crippen LogP contribution in [0.2, 0.25) is 0 Å². The molecule has 0 aliphatic heterocycles. The predicted octanol–water partition coefficient (Wildman–Crippen LogP) is 2.06. The van der Waals surface area contributed by atoms with E-state index in [9.17, 15) is 0 Å². The number of nitrogens with one attached hydrogen (secondary N) is 1. The molecule has 0 saturated carbocycles. The zero-order valence-corrected chi connectivity index (χ0v) is 11.0. The highest BCUT2D eigenvalue weighted by Gasteiger charge is 2.02. The lowest BCUT2D eigenvalue weighted by Crippen LogP contribution is -2.35. The highest BCUT2D eigenvalue weighted by molar-refractivity contribution is 7.98. The van der Waals surface area contributed by atoms with Gasteiger partial charge in [0.25, 0.3) is 0 Å². The smallest absolute Gasteiger partial charge is 0.0104 e. The van der Waals surface area contributed by atoms with Crippen LogP contribution in [0.3, 0.4) is 0 Å². The Morgan fingerprint density at radius 2 is 1.86 bits per heavy atom. The summed E-state index contributed by atoms with van der Waals surface area (Å²) in [5.41, 5.74) is 0. The third-order valence-electron chi connectivity index (χ3n) is 2.59. The number of hydrogen-bond donors (Lipinski definition) is 1. The molecule has 86 valence electrons. The van der Waals surface area contributed by atoms with Crippen molar-refractivity contribution in [2.24, 2.45) is 0 Å². The van der Waals surface area contributed by atoms with Crippen LogP contribution in [0.4, 0.5) is 0 Å². The topological polar surface area (TPSA) is 15.3 Å². The maximum atomic E-state index is 3.58. The van der Waals surface area contributed by atoms with Crippen LogP contribution in [0.15, 0.2) is 0 Å². The van der Waals surface area contributed by atoms with Gasteiger partial charge < -0.3 is 10.2 Å². The number of nitrogens with zero attached hydrogens (tertiary/aromatic N) is 1. The molecule has 2 nitrogen and oxygen atoms in total. The Balaban J connectivity index is 3.33. The molecule has 0 saturated heterocycles. The van der Waals surface area contributed by atoms with Gasteiger partial charge in [-0.2, -0.15) is 11.8 Å². The molecule has 0 heterocycles. The van der Waals surface area contributed by atoms with Crippen LogP contribution in [0.25, 0.3) is 0 Å². The quantitative estimate of drug-likeness (QED) is 0.638. The minimum Gasteiger partial charge on any atom is -0.313 e. The van der Waals surface area contributed by atoms with Gasteiger partial charge in [0.15, 0.2) is 0 Å². The Morgan fingerprint density at radius 1 is 1.21 bits per heavy atom. The van der Waals surface area contributed by atoms with Crippen molar-refractivity contribution in [3.05, 3.63) is 0 Å². The molecule has 0 spiro atoms. The zero-order chi connectivity index (χ0) is 10.8. The van der Waals surface area contributed by atoms with Crippen molar-refractivity contribution in [3.63, 3.8) is 0 Å². The van der Waals surface area contributed by atoms with Crippen molar-refractivity contribution in [3.8, 4) is 0 Å². The number of likely N-dealkylation sites (N-methyl/N-ethyl adjacent to an activating group) is 1. The summed E-state index contributed by atoms with van der Waals surface area (Å²) in [7, 11) is 2.20. The van der Waals surface area contributed by atoms with Gasteiger partial charge in [0, 0.05) is 31.4 Å². The van der Waals surface area contributed by atoms with Crippen LogP contribution in [0.1, 0.15) is 26.7 Å². The van der Waals surface area contributed by atoms with Crippen molar-refractivity contribution in [1.82, 2.24) is 10.2 Å². The van der Waals surface area contributed by atoms with Crippen molar-refractivity contribution < 1.29 is 0 Å². The molecule has 0 aromatic carbocycles. The van der Waals surface area contributed by atoms with Crippen LogP contribution in [-0.2, 0) is 0 Å². The van der Waals surface area contributed by atoms with E-state index in [1.54, 1.807) is 0 Å². The monoisotopic (exact) mass is 218 g/mol. The molecule has 0 atom stereocenters. The molecule has 0 aromatic heterocycles. The number of hydrogen-bond acceptors (Lipinski definition) is 3. The second-order valence-electron chi connectivity index (χ2n) is 3.76. The average molecular weight is 218 g/mol. The van der Waals surface area contributed by atoms with E-state index in [2.05, 4.69) is 37.4 Å². The lowest BCUT2D eigenvalue weighted by atomic mass is 10.2. The summed E-state index contributed by atoms with van der Waals surface area (Å²) < 4.78 is 0. The Morgan fingerprint density at radius 3 is 2.36 bits per heavy atom. The summed E-state index contributed by atoms with van der Waals surface area (Å²) in [6.45, 7) is 7.98. The van der Waals surface area contributed by atoms with Crippen LogP contribution >= 0.6 is 11.8 Å². The van der Waals surface area contributed by atoms with Crippen LogP contribution in [-0.4, -0.2) is 49.6 Å². The van der Waals surface area contributed by atoms with Gasteiger partial charge in [-0.15, -0.1) is 0 Å². The maximum absolute atomic E-state index is 3.58. The van der Waals surface area contributed by atoms with Crippen LogP contribution in [0.5, 0.6) is 0 Å². The molecule has 3 heteroatoms. The zero-order valence-electron chi connectivity index (χ0n) is 10.2. The molecule has 0 unspecified atom stereocenters. The van der Waals surface area contributed by atoms with Gasteiger partial charge in [0.2, 0.25) is 0 Å². The first-order valence-corrected chi connectivity index (χ1v) is 7.04. The summed E-state index contributed by atoms with van der Waals surface area (Å²) in [4.78, 5) is 2.39. The highest BCUT2D eigenvalue weighted by atomic mass is 32.2. The van der Waals surface area contributed by atoms with E-state index in [1.165, 1.54) is 25.1 Å². The normalized spacial score (nSPS) is 11.6. The molecule has 0 fully saturated rings. The number of thioether (sulfide) groups is 1. The Bertz CT molecular complexity index is 116. The lowest BCUT2D eigenvalue weighted by Gasteiger charge is -2.19. The van der Waals surface area contributed by atoms with Crippen LogP contribution in [0, 0.1) is 0 Å². The molecule has 0 aliphatic rings. The van der Waals surface area contributed by atoms with Gasteiger partial charge in [0.05, 0.1) is 0 Å². The van der Waals surface area contributed by atoms with E-state index in [0.29, 0.717) is 6.04 Å². The fourth-order valence-electron chi connectivity index (χ4n) is 1.40. The SMILES string of the molecule is CCC(CC)NCCN(C)CCSC. The van der Waals surface area contributed by atoms with E-state index < -0.39 is 0 Å². The van der Waals surface area contributed by atoms with E-state index in [-0.39, 0.29) is 0 Å². The lowest BCUT2D eigenvalue weighted by molar-refractivity contribution is 0.338. The fourth-order valence-corrected chi connectivity index (χ4v) is 1.89. The molecule has 0 aliphatic carbocycles. The maximum Gasteiger partial charge on any atom is 0.0104 e. The van der Waals surface area contributed by atoms with Crippen molar-refractivity contribution >= 4 is 11.8 Å². The standard InChI is InChI=1S/C11H26N2S/c1-5-11(6-2)12-7-8-13(3)9-10-14-4/h11-12H,5-10H2,1-4H3. The van der Waals surface area contributed by atoms with Crippen LogP contribution < -0.4 is 5.32 Å². The molecular formula is C11H26N2S. The molecule has 1 N–H and O–H groups in total. The predicted molar refractivity (Wildman–Crippen MR) is 68.3 cm³/mol. The van der Waals surface area contributed by atoms with Gasteiger partial charge in [-0.1, -0.05) is 13.8 Å². The third-order valence-corrected chi connectivity index (χ3v) is 3.18. The second-order valence-corrected chi connectivity index (χ2v) is 4.75. The summed E-state index contributed by atoms with van der Waals surface area (Å²) in [5.74, 6) is 1.24. The minimum absolute atomic E-state index is 0.712. The minimum atomic E-state index is 0.712. The Hall–Kier alpha value is 0.270. The average Bonchev–Trinajstić information content (AvgIpc) is 2.21. The van der Waals surface area contributed by atoms with Gasteiger partial charge in [-0.3, -0.25) is 0 Å². The van der Waals surface area contributed by atoms with E-state index in [0.717, 1.165) is 13.1 Å². The van der Waals surface area contributed by atoms with Crippen molar-refractivity contribution in [2.75, 3.05) is 38.7 Å². The molecule has 0 radical (unpaired) electrons. The van der Waals surface area contributed by atoms with Gasteiger partial charge in [-0.25, -0.2) is 0 Å². The van der Waals surface area contributed by atoms with Gasteiger partial charge >= 0.3 is 0 Å². The molecular weight excluding hydrogens is 192 g/mol. The summed E-state index contributed by atoms with van der Waals surface area (Å²) in [6, 6.07) is 0.712. The van der Waals surface area contributed by atoms with Gasteiger partial charge in [0.1, 0.15) is 0 Å². The second kappa shape index (κ2) is 9.81. The summed E-state index contributed by atoms with van der Waals surface area (Å²) in [5, 5.41) is 3.58. The van der Waals surface area contributed by atoms with E-state index >= 15 is 0 Å². The third kappa shape index (κ3) is 7.65. The fraction of sp³-hybridized carbons (Fsp3) is 1.00. The molecule has 0 rings (SSSR count). The summed E-state index contributed by atoms with van der Waals surface area (Å²) in [6.07, 6.45) is 4.65. The highest BCUT2D eigenvalue weighted by Crippen LogP contribution is 1.96. The Labute approximate surface area is 93.8 Å². The first-order chi connectivity index (χ1) is 6.74. The molecule has 0 aromatic rings.